The fourth-order valence-corrected chi connectivity index (χ4v) is 1.13. The number of rotatable bonds is 0. The maximum Gasteiger partial charge on any atom is 0.204 e. The van der Waals surface area contributed by atoms with Crippen molar-refractivity contribution in [3.63, 3.8) is 0 Å². The molecule has 2 nitrogen and oxygen atoms in total. The van der Waals surface area contributed by atoms with Gasteiger partial charge in [-0.15, -0.1) is 0 Å². The molecule has 2 aromatic rings. The minimum absolute atomic E-state index is 0.0282. The molecule has 0 N–H and O–H groups in total. The van der Waals surface area contributed by atoms with Crippen LogP contribution in [0, 0.1) is 23.0 Å². The van der Waals surface area contributed by atoms with Crippen LogP contribution in [0.5, 0.6) is 0 Å². The standard InChI is InChI=1S/C9H3F2NO/c10-6-1-5-2-7(4-12)13-9(5)8(11)3-6/h1-3H. The van der Waals surface area contributed by atoms with Crippen LogP contribution in [0.2, 0.25) is 0 Å². The van der Waals surface area contributed by atoms with Crippen molar-refractivity contribution in [2.75, 3.05) is 0 Å². The van der Waals surface area contributed by atoms with E-state index in [4.69, 9.17) is 9.68 Å². The zero-order valence-corrected chi connectivity index (χ0v) is 6.34. The Morgan fingerprint density at radius 3 is 2.69 bits per heavy atom. The SMILES string of the molecule is N#Cc1cc2cc(F)cc(F)c2o1. The Labute approximate surface area is 72.0 Å². The first-order valence-electron chi connectivity index (χ1n) is 3.49. The number of nitrogens with zero attached hydrogens (tertiary/aromatic N) is 1. The Kier molecular flexibility index (Phi) is 1.52. The highest BCUT2D eigenvalue weighted by Gasteiger charge is 2.09. The highest BCUT2D eigenvalue weighted by Crippen LogP contribution is 2.22. The van der Waals surface area contributed by atoms with E-state index in [1.807, 2.05) is 0 Å². The minimum atomic E-state index is -0.795. The molecule has 1 heterocycles. The molecule has 0 fully saturated rings. The Morgan fingerprint density at radius 2 is 2.00 bits per heavy atom. The Hall–Kier alpha value is -1.89. The summed E-state index contributed by atoms with van der Waals surface area (Å²) in [6, 6.07) is 4.83. The summed E-state index contributed by atoms with van der Waals surface area (Å²) in [5.41, 5.74) is -0.0852. The van der Waals surface area contributed by atoms with Gasteiger partial charge in [-0.25, -0.2) is 8.78 Å². The molecule has 0 saturated heterocycles. The van der Waals surface area contributed by atoms with E-state index < -0.39 is 11.6 Å². The second kappa shape index (κ2) is 2.56. The van der Waals surface area contributed by atoms with Crippen molar-refractivity contribution >= 4 is 11.0 Å². The van der Waals surface area contributed by atoms with E-state index in [1.165, 1.54) is 6.07 Å². The van der Waals surface area contributed by atoms with Crippen molar-refractivity contribution in [1.29, 1.82) is 5.26 Å². The molecule has 0 aliphatic heterocycles. The fraction of sp³-hybridized carbons (Fsp3) is 0. The van der Waals surface area contributed by atoms with Gasteiger partial charge in [0.1, 0.15) is 11.9 Å². The molecule has 64 valence electrons. The summed E-state index contributed by atoms with van der Waals surface area (Å²) in [7, 11) is 0. The minimum Gasteiger partial charge on any atom is -0.442 e. The lowest BCUT2D eigenvalue weighted by molar-refractivity contribution is 0.540. The molecule has 13 heavy (non-hydrogen) atoms. The van der Waals surface area contributed by atoms with Gasteiger partial charge < -0.3 is 4.42 Å². The average molecular weight is 179 g/mol. The molecule has 0 spiro atoms. The second-order valence-corrected chi connectivity index (χ2v) is 2.53. The predicted molar refractivity (Wildman–Crippen MR) is 40.8 cm³/mol. The van der Waals surface area contributed by atoms with E-state index in [9.17, 15) is 8.78 Å². The summed E-state index contributed by atoms with van der Waals surface area (Å²) in [5.74, 6) is -1.51. The van der Waals surface area contributed by atoms with Crippen molar-refractivity contribution in [2.24, 2.45) is 0 Å². The number of benzene rings is 1. The normalized spacial score (nSPS) is 10.2. The van der Waals surface area contributed by atoms with Crippen LogP contribution in [-0.2, 0) is 0 Å². The molecule has 2 rings (SSSR count). The molecular formula is C9H3F2NO. The lowest BCUT2D eigenvalue weighted by Gasteiger charge is -1.90. The van der Waals surface area contributed by atoms with Gasteiger partial charge >= 0.3 is 0 Å². The maximum atomic E-state index is 13.0. The number of hydrogen-bond donors (Lipinski definition) is 0. The number of furan rings is 1. The van der Waals surface area contributed by atoms with Crippen LogP contribution in [-0.4, -0.2) is 0 Å². The third kappa shape index (κ3) is 1.14. The third-order valence-corrected chi connectivity index (χ3v) is 1.65. The summed E-state index contributed by atoms with van der Waals surface area (Å²) >= 11 is 0. The molecule has 0 unspecified atom stereocenters. The zero-order valence-electron chi connectivity index (χ0n) is 6.34. The molecular weight excluding hydrogens is 176 g/mol. The Balaban J connectivity index is 2.84. The van der Waals surface area contributed by atoms with Crippen LogP contribution in [0.4, 0.5) is 8.78 Å². The van der Waals surface area contributed by atoms with Crippen molar-refractivity contribution in [3.8, 4) is 6.07 Å². The van der Waals surface area contributed by atoms with E-state index in [0.717, 1.165) is 6.07 Å². The predicted octanol–water partition coefficient (Wildman–Crippen LogP) is 2.58. The van der Waals surface area contributed by atoms with Crippen LogP contribution in [0.25, 0.3) is 11.0 Å². The van der Waals surface area contributed by atoms with Crippen LogP contribution in [0.3, 0.4) is 0 Å². The van der Waals surface area contributed by atoms with Gasteiger partial charge in [0.25, 0.3) is 0 Å². The summed E-state index contributed by atoms with van der Waals surface area (Å²) in [4.78, 5) is 0. The smallest absolute Gasteiger partial charge is 0.204 e. The van der Waals surface area contributed by atoms with Gasteiger partial charge in [-0.1, -0.05) is 0 Å². The van der Waals surface area contributed by atoms with E-state index in [-0.39, 0.29) is 16.7 Å². The maximum absolute atomic E-state index is 13.0. The Bertz CT molecular complexity index is 510. The molecule has 4 heteroatoms. The zero-order chi connectivity index (χ0) is 9.42. The van der Waals surface area contributed by atoms with E-state index in [2.05, 4.69) is 0 Å². The quantitative estimate of drug-likeness (QED) is 0.623. The molecule has 1 aromatic carbocycles. The van der Waals surface area contributed by atoms with Crippen LogP contribution in [0.15, 0.2) is 22.6 Å². The van der Waals surface area contributed by atoms with Gasteiger partial charge in [0.05, 0.1) is 0 Å². The first-order chi connectivity index (χ1) is 6.20. The molecule has 0 amide bonds. The monoisotopic (exact) mass is 179 g/mol. The number of fused-ring (bicyclic) bond motifs is 1. The summed E-state index contributed by atoms with van der Waals surface area (Å²) < 4.78 is 30.4. The van der Waals surface area contributed by atoms with E-state index in [1.54, 1.807) is 6.07 Å². The van der Waals surface area contributed by atoms with Crippen molar-refractivity contribution in [2.45, 2.75) is 0 Å². The molecule has 0 aliphatic rings. The van der Waals surface area contributed by atoms with Gasteiger partial charge in [-0.2, -0.15) is 5.26 Å². The van der Waals surface area contributed by atoms with Crippen LogP contribution < -0.4 is 0 Å². The topological polar surface area (TPSA) is 36.9 Å². The number of nitriles is 1. The molecule has 0 bridgehead atoms. The van der Waals surface area contributed by atoms with Gasteiger partial charge in [0, 0.05) is 17.5 Å². The van der Waals surface area contributed by atoms with Crippen LogP contribution in [0.1, 0.15) is 5.76 Å². The average Bonchev–Trinajstić information content (AvgIpc) is 2.47. The highest BCUT2D eigenvalue weighted by atomic mass is 19.1. The first-order valence-corrected chi connectivity index (χ1v) is 3.49. The molecule has 0 aliphatic carbocycles. The van der Waals surface area contributed by atoms with E-state index >= 15 is 0 Å². The molecule has 0 radical (unpaired) electrons. The molecule has 0 saturated carbocycles. The van der Waals surface area contributed by atoms with Gasteiger partial charge in [0.15, 0.2) is 11.4 Å². The molecule has 0 atom stereocenters. The Morgan fingerprint density at radius 1 is 1.23 bits per heavy atom. The number of halogens is 2. The van der Waals surface area contributed by atoms with Gasteiger partial charge in [-0.05, 0) is 6.07 Å². The van der Waals surface area contributed by atoms with Crippen molar-refractivity contribution in [3.05, 3.63) is 35.6 Å². The lowest BCUT2D eigenvalue weighted by atomic mass is 10.2. The van der Waals surface area contributed by atoms with Crippen molar-refractivity contribution < 1.29 is 13.2 Å². The second-order valence-electron chi connectivity index (χ2n) is 2.53. The summed E-state index contributed by atoms with van der Waals surface area (Å²) in [5, 5.41) is 8.70. The van der Waals surface area contributed by atoms with Gasteiger partial charge in [-0.3, -0.25) is 0 Å². The van der Waals surface area contributed by atoms with Crippen LogP contribution >= 0.6 is 0 Å². The fourth-order valence-electron chi connectivity index (χ4n) is 1.13. The summed E-state index contributed by atoms with van der Waals surface area (Å²) in [6.07, 6.45) is 0. The number of hydrogen-bond acceptors (Lipinski definition) is 2. The van der Waals surface area contributed by atoms with Crippen molar-refractivity contribution in [1.82, 2.24) is 0 Å². The third-order valence-electron chi connectivity index (χ3n) is 1.65. The van der Waals surface area contributed by atoms with Gasteiger partial charge in [0.2, 0.25) is 5.76 Å². The molecule has 1 aromatic heterocycles. The largest absolute Gasteiger partial charge is 0.442 e. The summed E-state index contributed by atoms with van der Waals surface area (Å²) in [6.45, 7) is 0. The van der Waals surface area contributed by atoms with E-state index in [0.29, 0.717) is 6.07 Å². The lowest BCUT2D eigenvalue weighted by Crippen LogP contribution is -1.78. The highest BCUT2D eigenvalue weighted by molar-refractivity contribution is 5.79. The first kappa shape index (κ1) is 7.74.